The molecule has 6 heteroatoms. The van der Waals surface area contributed by atoms with Crippen LogP contribution in [0.4, 0.5) is 5.69 Å². The second kappa shape index (κ2) is 7.64. The van der Waals surface area contributed by atoms with E-state index in [4.69, 9.17) is 9.72 Å². The van der Waals surface area contributed by atoms with E-state index in [1.165, 1.54) is 0 Å². The van der Waals surface area contributed by atoms with Crippen LogP contribution >= 0.6 is 0 Å². The molecule has 0 saturated carbocycles. The SMILES string of the molecule is CCOc1cc(-c2cc(=O)n3cc(N4CCN(C)CC4)ccc3n2)ccc1C. The Labute approximate surface area is 165 Å². The summed E-state index contributed by atoms with van der Waals surface area (Å²) in [6.07, 6.45) is 1.90. The largest absolute Gasteiger partial charge is 0.494 e. The normalized spacial score (nSPS) is 15.2. The van der Waals surface area contributed by atoms with Gasteiger partial charge in [0.1, 0.15) is 11.4 Å². The number of anilines is 1. The smallest absolute Gasteiger partial charge is 0.258 e. The molecule has 0 amide bonds. The summed E-state index contributed by atoms with van der Waals surface area (Å²) in [6.45, 7) is 8.56. The molecule has 0 bridgehead atoms. The van der Waals surface area contributed by atoms with Crippen LogP contribution in [0, 0.1) is 6.92 Å². The maximum atomic E-state index is 12.8. The number of fused-ring (bicyclic) bond motifs is 1. The van der Waals surface area contributed by atoms with Gasteiger partial charge in [-0.1, -0.05) is 12.1 Å². The quantitative estimate of drug-likeness (QED) is 0.699. The van der Waals surface area contributed by atoms with Crippen molar-refractivity contribution in [1.82, 2.24) is 14.3 Å². The maximum absolute atomic E-state index is 12.8. The lowest BCUT2D eigenvalue weighted by atomic mass is 10.1. The third kappa shape index (κ3) is 3.60. The van der Waals surface area contributed by atoms with Crippen LogP contribution in [0.5, 0.6) is 5.75 Å². The molecular weight excluding hydrogens is 352 g/mol. The van der Waals surface area contributed by atoms with Crippen molar-refractivity contribution in [3.8, 4) is 17.0 Å². The highest BCUT2D eigenvalue weighted by Gasteiger charge is 2.15. The summed E-state index contributed by atoms with van der Waals surface area (Å²) in [4.78, 5) is 22.1. The Kier molecular flexibility index (Phi) is 5.05. The fraction of sp³-hybridized carbons (Fsp3) is 0.364. The van der Waals surface area contributed by atoms with E-state index >= 15 is 0 Å². The Morgan fingerprint density at radius 2 is 1.86 bits per heavy atom. The van der Waals surface area contributed by atoms with Gasteiger partial charge in [-0.25, -0.2) is 4.98 Å². The molecule has 0 radical (unpaired) electrons. The van der Waals surface area contributed by atoms with Crippen molar-refractivity contribution < 1.29 is 4.74 Å². The first-order valence-electron chi connectivity index (χ1n) is 9.76. The summed E-state index contributed by atoms with van der Waals surface area (Å²) < 4.78 is 7.32. The Balaban J connectivity index is 1.70. The number of nitrogens with zero attached hydrogens (tertiary/aromatic N) is 4. The fourth-order valence-corrected chi connectivity index (χ4v) is 3.56. The maximum Gasteiger partial charge on any atom is 0.258 e. The number of hydrogen-bond acceptors (Lipinski definition) is 5. The van der Waals surface area contributed by atoms with Crippen LogP contribution < -0.4 is 15.2 Å². The van der Waals surface area contributed by atoms with Gasteiger partial charge >= 0.3 is 0 Å². The summed E-state index contributed by atoms with van der Waals surface area (Å²) in [5, 5.41) is 0. The predicted molar refractivity (Wildman–Crippen MR) is 113 cm³/mol. The molecule has 6 nitrogen and oxygen atoms in total. The molecule has 4 rings (SSSR count). The average molecular weight is 378 g/mol. The minimum Gasteiger partial charge on any atom is -0.494 e. The molecule has 28 heavy (non-hydrogen) atoms. The topological polar surface area (TPSA) is 50.1 Å². The predicted octanol–water partition coefficient (Wildman–Crippen LogP) is 2.82. The molecule has 1 aromatic carbocycles. The number of hydrogen-bond donors (Lipinski definition) is 0. The first-order chi connectivity index (χ1) is 13.5. The van der Waals surface area contributed by atoms with Crippen LogP contribution in [-0.2, 0) is 0 Å². The Hall–Kier alpha value is -2.86. The van der Waals surface area contributed by atoms with E-state index in [9.17, 15) is 4.79 Å². The highest BCUT2D eigenvalue weighted by atomic mass is 16.5. The van der Waals surface area contributed by atoms with Crippen molar-refractivity contribution >= 4 is 11.3 Å². The lowest BCUT2D eigenvalue weighted by Gasteiger charge is -2.34. The number of pyridine rings is 1. The van der Waals surface area contributed by atoms with E-state index in [0.717, 1.165) is 48.7 Å². The van der Waals surface area contributed by atoms with Crippen molar-refractivity contribution in [3.05, 3.63) is 58.5 Å². The van der Waals surface area contributed by atoms with Crippen LogP contribution in [0.3, 0.4) is 0 Å². The first-order valence-corrected chi connectivity index (χ1v) is 9.76. The molecule has 146 valence electrons. The van der Waals surface area contributed by atoms with Gasteiger partial charge < -0.3 is 14.5 Å². The third-order valence-electron chi connectivity index (χ3n) is 5.30. The van der Waals surface area contributed by atoms with E-state index in [1.54, 1.807) is 10.5 Å². The third-order valence-corrected chi connectivity index (χ3v) is 5.30. The van der Waals surface area contributed by atoms with E-state index in [2.05, 4.69) is 22.9 Å². The zero-order chi connectivity index (χ0) is 19.7. The molecule has 0 N–H and O–H groups in total. The molecule has 2 aromatic heterocycles. The second-order valence-electron chi connectivity index (χ2n) is 7.30. The molecular formula is C22H26N4O2. The zero-order valence-electron chi connectivity index (χ0n) is 16.7. The molecule has 0 atom stereocenters. The average Bonchev–Trinajstić information content (AvgIpc) is 2.70. The molecule has 3 heterocycles. The van der Waals surface area contributed by atoms with Gasteiger partial charge in [-0.05, 0) is 44.7 Å². The van der Waals surface area contributed by atoms with Gasteiger partial charge in [-0.15, -0.1) is 0 Å². The van der Waals surface area contributed by atoms with Crippen LogP contribution in [0.2, 0.25) is 0 Å². The number of piperazine rings is 1. The molecule has 3 aromatic rings. The van der Waals surface area contributed by atoms with Crippen molar-refractivity contribution in [1.29, 1.82) is 0 Å². The van der Waals surface area contributed by atoms with Crippen molar-refractivity contribution in [2.24, 2.45) is 0 Å². The molecule has 0 spiro atoms. The van der Waals surface area contributed by atoms with E-state index in [1.807, 2.05) is 44.3 Å². The standard InChI is InChI=1S/C22H26N4O2/c1-4-28-20-13-17(6-5-16(20)2)19-14-22(27)26-15-18(7-8-21(26)23-19)25-11-9-24(3)10-12-25/h5-8,13-15H,4,9-12H2,1-3H3. The van der Waals surface area contributed by atoms with Gasteiger partial charge in [0.2, 0.25) is 0 Å². The number of rotatable bonds is 4. The van der Waals surface area contributed by atoms with Crippen molar-refractivity contribution in [3.63, 3.8) is 0 Å². The van der Waals surface area contributed by atoms with Crippen LogP contribution in [0.15, 0.2) is 47.4 Å². The van der Waals surface area contributed by atoms with Crippen molar-refractivity contribution in [2.75, 3.05) is 44.7 Å². The monoisotopic (exact) mass is 378 g/mol. The van der Waals surface area contributed by atoms with Gasteiger partial charge in [0.25, 0.3) is 5.56 Å². The number of aromatic nitrogens is 2. The highest BCUT2D eigenvalue weighted by molar-refractivity contribution is 5.65. The number of benzene rings is 1. The minimum absolute atomic E-state index is 0.0745. The van der Waals surface area contributed by atoms with E-state index < -0.39 is 0 Å². The van der Waals surface area contributed by atoms with Gasteiger partial charge in [0.15, 0.2) is 0 Å². The molecule has 1 aliphatic heterocycles. The molecule has 1 aliphatic rings. The second-order valence-corrected chi connectivity index (χ2v) is 7.30. The fourth-order valence-electron chi connectivity index (χ4n) is 3.56. The molecule has 0 unspecified atom stereocenters. The Bertz CT molecular complexity index is 1050. The number of likely N-dealkylation sites (N-methyl/N-ethyl adjacent to an activating group) is 1. The lowest BCUT2D eigenvalue weighted by molar-refractivity contribution is 0.313. The molecule has 0 aliphatic carbocycles. The highest BCUT2D eigenvalue weighted by Crippen LogP contribution is 2.26. The molecule has 1 fully saturated rings. The van der Waals surface area contributed by atoms with Crippen LogP contribution in [0.1, 0.15) is 12.5 Å². The number of ether oxygens (including phenoxy) is 1. The zero-order valence-corrected chi connectivity index (χ0v) is 16.7. The Morgan fingerprint density at radius 1 is 1.07 bits per heavy atom. The summed E-state index contributed by atoms with van der Waals surface area (Å²) in [7, 11) is 2.13. The van der Waals surface area contributed by atoms with Gasteiger partial charge in [0, 0.05) is 44.0 Å². The van der Waals surface area contributed by atoms with Gasteiger partial charge in [-0.3, -0.25) is 9.20 Å². The number of aryl methyl sites for hydroxylation is 1. The first kappa shape index (κ1) is 18.5. The van der Waals surface area contributed by atoms with Gasteiger partial charge in [-0.2, -0.15) is 0 Å². The molecule has 1 saturated heterocycles. The van der Waals surface area contributed by atoms with Crippen molar-refractivity contribution in [2.45, 2.75) is 13.8 Å². The lowest BCUT2D eigenvalue weighted by Crippen LogP contribution is -2.44. The summed E-state index contributed by atoms with van der Waals surface area (Å²) >= 11 is 0. The summed E-state index contributed by atoms with van der Waals surface area (Å²) in [5.74, 6) is 0.826. The summed E-state index contributed by atoms with van der Waals surface area (Å²) in [6, 6.07) is 11.5. The van der Waals surface area contributed by atoms with Crippen LogP contribution in [-0.4, -0.2) is 54.1 Å². The van der Waals surface area contributed by atoms with E-state index in [-0.39, 0.29) is 5.56 Å². The van der Waals surface area contributed by atoms with Crippen LogP contribution in [0.25, 0.3) is 16.9 Å². The minimum atomic E-state index is -0.0745. The Morgan fingerprint density at radius 3 is 2.61 bits per heavy atom. The van der Waals surface area contributed by atoms with Gasteiger partial charge in [0.05, 0.1) is 18.0 Å². The van der Waals surface area contributed by atoms with E-state index in [0.29, 0.717) is 17.9 Å². The summed E-state index contributed by atoms with van der Waals surface area (Å²) in [5.41, 5.74) is 4.26.